The standard InChI is InChI=1S/C14H22N2O/c1-11-5-4-6-12(2)14(11)16-8-7-15(3)9-13(16)10-17/h4-6,13,17H,7-10H2,1-3H3. The van der Waals surface area contributed by atoms with Gasteiger partial charge in [0.05, 0.1) is 12.6 Å². The summed E-state index contributed by atoms with van der Waals surface area (Å²) in [6.45, 7) is 7.50. The first-order valence-corrected chi connectivity index (χ1v) is 6.25. The zero-order valence-electron chi connectivity index (χ0n) is 11.0. The Labute approximate surface area is 104 Å². The maximum absolute atomic E-state index is 9.55. The zero-order valence-corrected chi connectivity index (χ0v) is 11.0. The number of para-hydroxylation sites is 1. The maximum atomic E-state index is 9.55. The van der Waals surface area contributed by atoms with Gasteiger partial charge in [0.15, 0.2) is 0 Å². The van der Waals surface area contributed by atoms with Gasteiger partial charge in [-0.2, -0.15) is 0 Å². The van der Waals surface area contributed by atoms with Crippen molar-refractivity contribution in [2.45, 2.75) is 19.9 Å². The number of anilines is 1. The summed E-state index contributed by atoms with van der Waals surface area (Å²) in [4.78, 5) is 4.65. The van der Waals surface area contributed by atoms with E-state index >= 15 is 0 Å². The molecule has 1 saturated heterocycles. The molecule has 1 atom stereocenters. The number of nitrogens with zero attached hydrogens (tertiary/aromatic N) is 2. The Kier molecular flexibility index (Phi) is 3.69. The van der Waals surface area contributed by atoms with E-state index in [4.69, 9.17) is 0 Å². The molecular formula is C14H22N2O. The van der Waals surface area contributed by atoms with Crippen molar-refractivity contribution < 1.29 is 5.11 Å². The van der Waals surface area contributed by atoms with Crippen molar-refractivity contribution in [2.75, 3.05) is 38.2 Å². The van der Waals surface area contributed by atoms with Crippen LogP contribution in [0.15, 0.2) is 18.2 Å². The molecule has 0 amide bonds. The van der Waals surface area contributed by atoms with Crippen molar-refractivity contribution >= 4 is 5.69 Å². The molecule has 0 aliphatic carbocycles. The summed E-state index contributed by atoms with van der Waals surface area (Å²) in [6, 6.07) is 6.61. The lowest BCUT2D eigenvalue weighted by Gasteiger charge is -2.42. The highest BCUT2D eigenvalue weighted by atomic mass is 16.3. The van der Waals surface area contributed by atoms with Gasteiger partial charge in [0.25, 0.3) is 0 Å². The van der Waals surface area contributed by atoms with Crippen LogP contribution in [0.2, 0.25) is 0 Å². The smallest absolute Gasteiger partial charge is 0.0648 e. The van der Waals surface area contributed by atoms with E-state index in [1.165, 1.54) is 16.8 Å². The predicted molar refractivity (Wildman–Crippen MR) is 71.6 cm³/mol. The molecule has 1 heterocycles. The highest BCUT2D eigenvalue weighted by Crippen LogP contribution is 2.27. The van der Waals surface area contributed by atoms with Crippen LogP contribution < -0.4 is 4.90 Å². The normalized spacial score (nSPS) is 21.9. The van der Waals surface area contributed by atoms with Crippen molar-refractivity contribution in [1.29, 1.82) is 0 Å². The SMILES string of the molecule is Cc1cccc(C)c1N1CCN(C)CC1CO. The first-order valence-electron chi connectivity index (χ1n) is 6.25. The lowest BCUT2D eigenvalue weighted by Crippen LogP contribution is -2.54. The first-order chi connectivity index (χ1) is 8.13. The van der Waals surface area contributed by atoms with Crippen LogP contribution in [0, 0.1) is 13.8 Å². The van der Waals surface area contributed by atoms with E-state index in [0.717, 1.165) is 19.6 Å². The second-order valence-electron chi connectivity index (χ2n) is 5.03. The van der Waals surface area contributed by atoms with Crippen LogP contribution in [0.1, 0.15) is 11.1 Å². The summed E-state index contributed by atoms with van der Waals surface area (Å²) in [5, 5.41) is 9.55. The summed E-state index contributed by atoms with van der Waals surface area (Å²) in [5.41, 5.74) is 3.90. The average Bonchev–Trinajstić information content (AvgIpc) is 2.30. The fraction of sp³-hybridized carbons (Fsp3) is 0.571. The fourth-order valence-corrected chi connectivity index (χ4v) is 2.72. The van der Waals surface area contributed by atoms with E-state index in [1.54, 1.807) is 0 Å². The van der Waals surface area contributed by atoms with E-state index in [-0.39, 0.29) is 12.6 Å². The molecule has 3 nitrogen and oxygen atoms in total. The van der Waals surface area contributed by atoms with Crippen LogP contribution in [0.3, 0.4) is 0 Å². The molecule has 0 bridgehead atoms. The van der Waals surface area contributed by atoms with Gasteiger partial charge in [0, 0.05) is 25.3 Å². The highest BCUT2D eigenvalue weighted by Gasteiger charge is 2.26. The molecule has 1 fully saturated rings. The molecule has 0 aromatic heterocycles. The molecule has 94 valence electrons. The number of benzene rings is 1. The Balaban J connectivity index is 2.32. The Morgan fingerprint density at radius 1 is 1.24 bits per heavy atom. The molecule has 2 rings (SSSR count). The average molecular weight is 234 g/mol. The van der Waals surface area contributed by atoms with E-state index in [2.05, 4.69) is 48.9 Å². The zero-order chi connectivity index (χ0) is 12.4. The molecule has 1 aromatic carbocycles. The monoisotopic (exact) mass is 234 g/mol. The second-order valence-corrected chi connectivity index (χ2v) is 5.03. The molecule has 1 unspecified atom stereocenters. The summed E-state index contributed by atoms with van der Waals surface area (Å²) >= 11 is 0. The number of aryl methyl sites for hydroxylation is 2. The van der Waals surface area contributed by atoms with E-state index in [1.807, 2.05) is 0 Å². The fourth-order valence-electron chi connectivity index (χ4n) is 2.72. The van der Waals surface area contributed by atoms with E-state index < -0.39 is 0 Å². The van der Waals surface area contributed by atoms with Crippen molar-refractivity contribution in [2.24, 2.45) is 0 Å². The van der Waals surface area contributed by atoms with Gasteiger partial charge in [0.2, 0.25) is 0 Å². The Morgan fingerprint density at radius 3 is 2.47 bits per heavy atom. The van der Waals surface area contributed by atoms with Gasteiger partial charge < -0.3 is 14.9 Å². The van der Waals surface area contributed by atoms with E-state index in [0.29, 0.717) is 0 Å². The Bertz CT molecular complexity index is 372. The molecule has 3 heteroatoms. The first kappa shape index (κ1) is 12.4. The molecule has 0 spiro atoms. The van der Waals surface area contributed by atoms with Gasteiger partial charge in [-0.1, -0.05) is 18.2 Å². The number of piperazine rings is 1. The third-order valence-electron chi connectivity index (χ3n) is 3.62. The van der Waals surface area contributed by atoms with Crippen LogP contribution in [-0.2, 0) is 0 Å². The molecule has 1 aliphatic rings. The molecule has 17 heavy (non-hydrogen) atoms. The van der Waals surface area contributed by atoms with Gasteiger partial charge in [-0.25, -0.2) is 0 Å². The quantitative estimate of drug-likeness (QED) is 0.838. The summed E-state index contributed by atoms with van der Waals surface area (Å²) < 4.78 is 0. The van der Waals surface area contributed by atoms with Crippen molar-refractivity contribution in [3.63, 3.8) is 0 Å². The van der Waals surface area contributed by atoms with Crippen molar-refractivity contribution in [3.05, 3.63) is 29.3 Å². The Hall–Kier alpha value is -1.06. The van der Waals surface area contributed by atoms with Crippen molar-refractivity contribution in [1.82, 2.24) is 4.90 Å². The van der Waals surface area contributed by atoms with Gasteiger partial charge >= 0.3 is 0 Å². The largest absolute Gasteiger partial charge is 0.394 e. The van der Waals surface area contributed by atoms with Crippen LogP contribution in [-0.4, -0.2) is 49.3 Å². The molecule has 1 aliphatic heterocycles. The van der Waals surface area contributed by atoms with Gasteiger partial charge in [-0.05, 0) is 32.0 Å². The molecule has 1 N–H and O–H groups in total. The number of hydrogen-bond donors (Lipinski definition) is 1. The summed E-state index contributed by atoms with van der Waals surface area (Å²) in [6.07, 6.45) is 0. The minimum atomic E-state index is 0.216. The summed E-state index contributed by atoms with van der Waals surface area (Å²) in [5.74, 6) is 0. The summed E-state index contributed by atoms with van der Waals surface area (Å²) in [7, 11) is 2.12. The predicted octanol–water partition coefficient (Wildman–Crippen LogP) is 1.42. The van der Waals surface area contributed by atoms with Crippen LogP contribution in [0.25, 0.3) is 0 Å². The molecule has 0 radical (unpaired) electrons. The number of aliphatic hydroxyl groups is 1. The Morgan fingerprint density at radius 2 is 1.88 bits per heavy atom. The van der Waals surface area contributed by atoms with Gasteiger partial charge in [-0.3, -0.25) is 0 Å². The van der Waals surface area contributed by atoms with Crippen LogP contribution in [0.4, 0.5) is 5.69 Å². The highest BCUT2D eigenvalue weighted by molar-refractivity contribution is 5.60. The molecule has 1 aromatic rings. The van der Waals surface area contributed by atoms with Gasteiger partial charge in [-0.15, -0.1) is 0 Å². The number of hydrogen-bond acceptors (Lipinski definition) is 3. The number of rotatable bonds is 2. The number of aliphatic hydroxyl groups excluding tert-OH is 1. The van der Waals surface area contributed by atoms with Gasteiger partial charge in [0.1, 0.15) is 0 Å². The third kappa shape index (κ3) is 2.45. The van der Waals surface area contributed by atoms with E-state index in [9.17, 15) is 5.11 Å². The number of likely N-dealkylation sites (N-methyl/N-ethyl adjacent to an activating group) is 1. The topological polar surface area (TPSA) is 26.7 Å². The maximum Gasteiger partial charge on any atom is 0.0648 e. The minimum absolute atomic E-state index is 0.216. The van der Waals surface area contributed by atoms with Crippen LogP contribution >= 0.6 is 0 Å². The second kappa shape index (κ2) is 5.07. The van der Waals surface area contributed by atoms with Crippen LogP contribution in [0.5, 0.6) is 0 Å². The third-order valence-corrected chi connectivity index (χ3v) is 3.62. The van der Waals surface area contributed by atoms with Crippen molar-refractivity contribution in [3.8, 4) is 0 Å². The molecule has 0 saturated carbocycles. The lowest BCUT2D eigenvalue weighted by atomic mass is 10.0. The molecular weight excluding hydrogens is 212 g/mol. The minimum Gasteiger partial charge on any atom is -0.394 e. The lowest BCUT2D eigenvalue weighted by molar-refractivity contribution is 0.191.